The van der Waals surface area contributed by atoms with Gasteiger partial charge in [-0.2, -0.15) is 0 Å². The van der Waals surface area contributed by atoms with Crippen molar-refractivity contribution < 1.29 is 0 Å². The number of fused-ring (bicyclic) bond motifs is 3. The largest absolute Gasteiger partial charge is 0.324 e. The first-order valence-electron chi connectivity index (χ1n) is 6.90. The fraction of sp³-hybridized carbons (Fsp3) is 0.0588. The van der Waals surface area contributed by atoms with Gasteiger partial charge >= 0.3 is 0 Å². The van der Waals surface area contributed by atoms with Crippen LogP contribution >= 0.6 is 27.7 Å². The van der Waals surface area contributed by atoms with Crippen LogP contribution in [0.4, 0.5) is 11.6 Å². The van der Waals surface area contributed by atoms with E-state index in [2.05, 4.69) is 50.5 Å². The molecule has 0 aliphatic carbocycles. The van der Waals surface area contributed by atoms with Crippen molar-refractivity contribution in [1.82, 2.24) is 9.97 Å². The first kappa shape index (κ1) is 13.8. The quantitative estimate of drug-likeness (QED) is 0.668. The van der Waals surface area contributed by atoms with Gasteiger partial charge in [-0.1, -0.05) is 40.2 Å². The Hall–Kier alpha value is -1.85. The lowest BCUT2D eigenvalue weighted by atomic mass is 10.1. The van der Waals surface area contributed by atoms with Gasteiger partial charge in [0.05, 0.1) is 5.69 Å². The minimum absolute atomic E-state index is 0.624. The van der Waals surface area contributed by atoms with Gasteiger partial charge in [-0.3, -0.25) is 0 Å². The van der Waals surface area contributed by atoms with Crippen LogP contribution in [0.1, 0.15) is 5.56 Å². The summed E-state index contributed by atoms with van der Waals surface area (Å²) in [6.45, 7) is 0. The summed E-state index contributed by atoms with van der Waals surface area (Å²) in [5.41, 5.74) is 4.37. The normalized spacial score (nSPS) is 12.4. The average molecular weight is 370 g/mol. The second-order valence-electron chi connectivity index (χ2n) is 4.99. The smallest absolute Gasteiger partial charge is 0.227 e. The van der Waals surface area contributed by atoms with Crippen LogP contribution in [0, 0.1) is 0 Å². The molecule has 0 atom stereocenters. The average Bonchev–Trinajstić information content (AvgIpc) is 2.55. The zero-order chi connectivity index (χ0) is 14.9. The molecule has 4 rings (SSSR count). The first-order chi connectivity index (χ1) is 10.8. The number of nitrogens with zero attached hydrogens (tertiary/aromatic N) is 2. The number of rotatable bonds is 2. The van der Waals surface area contributed by atoms with Crippen molar-refractivity contribution in [3.8, 4) is 11.3 Å². The molecule has 0 bridgehead atoms. The number of benzene rings is 2. The fourth-order valence-corrected chi connectivity index (χ4v) is 3.86. The lowest BCUT2D eigenvalue weighted by Crippen LogP contribution is -2.04. The van der Waals surface area contributed by atoms with Crippen LogP contribution in [-0.4, -0.2) is 9.97 Å². The van der Waals surface area contributed by atoms with Gasteiger partial charge in [0.25, 0.3) is 0 Å². The molecule has 3 aromatic rings. The van der Waals surface area contributed by atoms with E-state index < -0.39 is 0 Å². The maximum atomic E-state index is 4.73. The van der Waals surface area contributed by atoms with Crippen molar-refractivity contribution in [2.45, 2.75) is 10.6 Å². The topological polar surface area (TPSA) is 37.8 Å². The van der Waals surface area contributed by atoms with E-state index in [9.17, 15) is 0 Å². The molecule has 0 saturated heterocycles. The van der Waals surface area contributed by atoms with E-state index in [1.165, 1.54) is 16.0 Å². The van der Waals surface area contributed by atoms with Crippen molar-refractivity contribution in [3.63, 3.8) is 0 Å². The highest BCUT2D eigenvalue weighted by Gasteiger charge is 2.18. The standard InChI is InChI=1S/C17H12BrN3S/c18-12-4-3-5-13(8-12)20-17-19-9-11-10-22-15-7-2-1-6-14(15)16(11)21-17/h1-9H,10H2,(H,19,20,21). The zero-order valence-electron chi connectivity index (χ0n) is 11.6. The molecule has 3 nitrogen and oxygen atoms in total. The number of halogens is 1. The highest BCUT2D eigenvalue weighted by molar-refractivity contribution is 9.10. The molecule has 0 fully saturated rings. The van der Waals surface area contributed by atoms with Crippen LogP contribution in [0.5, 0.6) is 0 Å². The molecule has 22 heavy (non-hydrogen) atoms. The SMILES string of the molecule is Brc1cccc(Nc2ncc3c(n2)-c2ccccc2SC3)c1. The summed E-state index contributed by atoms with van der Waals surface area (Å²) in [7, 11) is 0. The van der Waals surface area contributed by atoms with Gasteiger partial charge in [0.1, 0.15) is 0 Å². The monoisotopic (exact) mass is 369 g/mol. The van der Waals surface area contributed by atoms with Crippen LogP contribution in [0.25, 0.3) is 11.3 Å². The van der Waals surface area contributed by atoms with E-state index in [1.54, 1.807) is 0 Å². The molecule has 2 heterocycles. The number of thioether (sulfide) groups is 1. The summed E-state index contributed by atoms with van der Waals surface area (Å²) < 4.78 is 1.03. The predicted octanol–water partition coefficient (Wildman–Crippen LogP) is 5.26. The van der Waals surface area contributed by atoms with Crippen molar-refractivity contribution in [1.29, 1.82) is 0 Å². The van der Waals surface area contributed by atoms with Crippen LogP contribution in [0.3, 0.4) is 0 Å². The van der Waals surface area contributed by atoms with E-state index in [0.29, 0.717) is 5.95 Å². The molecular weight excluding hydrogens is 358 g/mol. The number of hydrogen-bond acceptors (Lipinski definition) is 4. The molecule has 0 spiro atoms. The minimum atomic E-state index is 0.624. The third-order valence-electron chi connectivity index (χ3n) is 3.47. The molecule has 5 heteroatoms. The Balaban J connectivity index is 1.73. The third-order valence-corrected chi connectivity index (χ3v) is 5.09. The van der Waals surface area contributed by atoms with Crippen LogP contribution in [-0.2, 0) is 5.75 Å². The molecule has 2 aromatic carbocycles. The molecule has 1 aliphatic rings. The Bertz CT molecular complexity index is 851. The summed E-state index contributed by atoms with van der Waals surface area (Å²) in [6.07, 6.45) is 1.92. The van der Waals surface area contributed by atoms with Crippen LogP contribution in [0.15, 0.2) is 64.1 Å². The van der Waals surface area contributed by atoms with E-state index in [1.807, 2.05) is 42.2 Å². The lowest BCUT2D eigenvalue weighted by molar-refractivity contribution is 1.11. The van der Waals surface area contributed by atoms with Crippen LogP contribution in [0.2, 0.25) is 0 Å². The number of nitrogens with one attached hydrogen (secondary N) is 1. The van der Waals surface area contributed by atoms with Crippen molar-refractivity contribution in [2.24, 2.45) is 0 Å². The van der Waals surface area contributed by atoms with E-state index in [4.69, 9.17) is 4.98 Å². The summed E-state index contributed by atoms with van der Waals surface area (Å²) in [4.78, 5) is 10.4. The second-order valence-corrected chi connectivity index (χ2v) is 6.92. The third kappa shape index (κ3) is 2.62. The predicted molar refractivity (Wildman–Crippen MR) is 94.5 cm³/mol. The maximum absolute atomic E-state index is 4.73. The summed E-state index contributed by atoms with van der Waals surface area (Å²) in [5, 5.41) is 3.27. The molecule has 0 unspecified atom stereocenters. The Morgan fingerprint density at radius 3 is 2.91 bits per heavy atom. The van der Waals surface area contributed by atoms with Gasteiger partial charge in [0.2, 0.25) is 5.95 Å². The van der Waals surface area contributed by atoms with E-state index in [0.717, 1.165) is 21.6 Å². The molecular formula is C17H12BrN3S. The fourth-order valence-electron chi connectivity index (χ4n) is 2.44. The van der Waals surface area contributed by atoms with Gasteiger partial charge in [-0.25, -0.2) is 9.97 Å². The van der Waals surface area contributed by atoms with E-state index >= 15 is 0 Å². The summed E-state index contributed by atoms with van der Waals surface area (Å²) in [6, 6.07) is 16.4. The maximum Gasteiger partial charge on any atom is 0.227 e. The van der Waals surface area contributed by atoms with Gasteiger partial charge in [0, 0.05) is 38.1 Å². The van der Waals surface area contributed by atoms with E-state index in [-0.39, 0.29) is 0 Å². The Labute approximate surface area is 141 Å². The van der Waals surface area contributed by atoms with Crippen molar-refractivity contribution >= 4 is 39.3 Å². The highest BCUT2D eigenvalue weighted by atomic mass is 79.9. The Kier molecular flexibility index (Phi) is 3.60. The number of hydrogen-bond donors (Lipinski definition) is 1. The van der Waals surface area contributed by atoms with Gasteiger partial charge in [-0.15, -0.1) is 11.8 Å². The number of aromatic nitrogens is 2. The summed E-state index contributed by atoms with van der Waals surface area (Å²) >= 11 is 5.31. The molecule has 0 saturated carbocycles. The second kappa shape index (κ2) is 5.74. The molecule has 0 amide bonds. The highest BCUT2D eigenvalue weighted by Crippen LogP contribution is 2.40. The summed E-state index contributed by atoms with van der Waals surface area (Å²) in [5.74, 6) is 1.54. The Morgan fingerprint density at radius 1 is 1.09 bits per heavy atom. The van der Waals surface area contributed by atoms with Crippen molar-refractivity contribution in [3.05, 3.63) is 64.8 Å². The van der Waals surface area contributed by atoms with Gasteiger partial charge in [-0.05, 0) is 24.3 Å². The van der Waals surface area contributed by atoms with Gasteiger partial charge < -0.3 is 5.32 Å². The molecule has 1 aliphatic heterocycles. The molecule has 108 valence electrons. The Morgan fingerprint density at radius 2 is 2.00 bits per heavy atom. The zero-order valence-corrected chi connectivity index (χ0v) is 14.0. The van der Waals surface area contributed by atoms with Crippen LogP contribution < -0.4 is 5.32 Å². The molecule has 0 radical (unpaired) electrons. The van der Waals surface area contributed by atoms with Crippen molar-refractivity contribution in [2.75, 3.05) is 5.32 Å². The lowest BCUT2D eigenvalue weighted by Gasteiger charge is -2.18. The minimum Gasteiger partial charge on any atom is -0.324 e. The molecule has 1 N–H and O–H groups in total. The number of anilines is 2. The molecule has 1 aromatic heterocycles. The first-order valence-corrected chi connectivity index (χ1v) is 8.68. The van der Waals surface area contributed by atoms with Gasteiger partial charge in [0.15, 0.2) is 0 Å².